The van der Waals surface area contributed by atoms with Crippen LogP contribution >= 0.6 is 0 Å². The largest absolute Gasteiger partial charge is 0.383 e. The van der Waals surface area contributed by atoms with Crippen molar-refractivity contribution in [2.24, 2.45) is 12.5 Å². The van der Waals surface area contributed by atoms with Crippen LogP contribution in [0.15, 0.2) is 37.2 Å². The molecule has 5 rings (SSSR count). The summed E-state index contributed by atoms with van der Waals surface area (Å²) in [5, 5.41) is 0.864. The number of hydrogen-bond donors (Lipinski definition) is 1. The Hall–Kier alpha value is -3.42. The number of nitrogens with zero attached hydrogens (tertiary/aromatic N) is 5. The SMILES string of the molecule is C=CC(=O)N1CC[C@H](c2c(C3=CC[C@@](C(=C)C)(C(=O)N4CCCC4)CC3)c3c(N)ncnc3n2C)C1. The molecule has 0 radical (unpaired) electrons. The van der Waals surface area contributed by atoms with E-state index in [1.165, 1.54) is 18.0 Å². The van der Waals surface area contributed by atoms with Crippen molar-refractivity contribution in [2.75, 3.05) is 31.9 Å². The minimum atomic E-state index is -0.554. The number of amides is 2. The number of fused-ring (bicyclic) bond motifs is 1. The highest BCUT2D eigenvalue weighted by Gasteiger charge is 2.44. The van der Waals surface area contributed by atoms with Gasteiger partial charge in [0.2, 0.25) is 11.8 Å². The second-order valence-corrected chi connectivity index (χ2v) is 10.5. The minimum Gasteiger partial charge on any atom is -0.383 e. The topological polar surface area (TPSA) is 97.3 Å². The fourth-order valence-electron chi connectivity index (χ4n) is 6.47. The average molecular weight is 489 g/mol. The summed E-state index contributed by atoms with van der Waals surface area (Å²) in [7, 11) is 2.02. The van der Waals surface area contributed by atoms with Crippen molar-refractivity contribution in [2.45, 2.75) is 51.4 Å². The number of allylic oxidation sites excluding steroid dienone is 2. The maximum Gasteiger partial charge on any atom is 0.245 e. The van der Waals surface area contributed by atoms with Crippen molar-refractivity contribution in [3.05, 3.63) is 48.5 Å². The molecule has 2 aromatic rings. The van der Waals surface area contributed by atoms with Crippen molar-refractivity contribution in [1.82, 2.24) is 24.3 Å². The molecule has 0 bridgehead atoms. The Morgan fingerprint density at radius 1 is 1.19 bits per heavy atom. The van der Waals surface area contributed by atoms with Gasteiger partial charge < -0.3 is 20.1 Å². The Morgan fingerprint density at radius 3 is 2.58 bits per heavy atom. The van der Waals surface area contributed by atoms with E-state index in [0.29, 0.717) is 25.3 Å². The van der Waals surface area contributed by atoms with E-state index in [9.17, 15) is 9.59 Å². The molecule has 2 N–H and O–H groups in total. The maximum absolute atomic E-state index is 13.6. The first-order valence-corrected chi connectivity index (χ1v) is 12.9. The van der Waals surface area contributed by atoms with E-state index in [1.807, 2.05) is 23.8 Å². The van der Waals surface area contributed by atoms with E-state index >= 15 is 0 Å². The van der Waals surface area contributed by atoms with Crippen LogP contribution in [0.25, 0.3) is 16.6 Å². The molecular formula is C28H36N6O2. The summed E-state index contributed by atoms with van der Waals surface area (Å²) in [6, 6.07) is 0. The number of rotatable bonds is 5. The van der Waals surface area contributed by atoms with Crippen LogP contribution in [-0.4, -0.2) is 62.3 Å². The van der Waals surface area contributed by atoms with Gasteiger partial charge in [-0.3, -0.25) is 9.59 Å². The first kappa shape index (κ1) is 24.3. The van der Waals surface area contributed by atoms with E-state index in [1.54, 1.807) is 0 Å². The first-order chi connectivity index (χ1) is 17.3. The van der Waals surface area contributed by atoms with Gasteiger partial charge in [0.1, 0.15) is 17.8 Å². The van der Waals surface area contributed by atoms with Crippen molar-refractivity contribution >= 4 is 34.2 Å². The molecule has 3 aliphatic rings. The van der Waals surface area contributed by atoms with Gasteiger partial charge >= 0.3 is 0 Å². The zero-order valence-electron chi connectivity index (χ0n) is 21.4. The van der Waals surface area contributed by atoms with E-state index in [4.69, 9.17) is 5.73 Å². The van der Waals surface area contributed by atoms with Crippen molar-refractivity contribution in [3.8, 4) is 0 Å². The average Bonchev–Trinajstić information content (AvgIpc) is 3.63. The second kappa shape index (κ2) is 9.22. The van der Waals surface area contributed by atoms with Gasteiger partial charge in [-0.15, -0.1) is 0 Å². The number of nitrogen functional groups attached to an aromatic ring is 1. The van der Waals surface area contributed by atoms with Gasteiger partial charge in [0.15, 0.2) is 0 Å². The van der Waals surface area contributed by atoms with Crippen LogP contribution in [0.5, 0.6) is 0 Å². The van der Waals surface area contributed by atoms with Crippen LogP contribution in [0, 0.1) is 5.41 Å². The first-order valence-electron chi connectivity index (χ1n) is 12.9. The van der Waals surface area contributed by atoms with Crippen LogP contribution in [0.4, 0.5) is 5.82 Å². The number of aryl methyl sites for hydroxylation is 1. The standard InChI is InChI=1S/C28H36N6O2/c1-5-21(35)34-15-10-20(16-34)24-22(23-25(29)30-17-31-26(23)32(24)4)19-8-11-28(12-9-19,18(2)3)27(36)33-13-6-7-14-33/h5,8,17,20H,1-2,6-7,9-16H2,3-4H3,(H2,29,30,31)/t20-,28+/m0/s1. The highest BCUT2D eigenvalue weighted by atomic mass is 16.2. The normalized spacial score (nSPS) is 24.3. The van der Waals surface area contributed by atoms with Gasteiger partial charge in [-0.05, 0) is 57.1 Å². The molecule has 2 fully saturated rings. The summed E-state index contributed by atoms with van der Waals surface area (Å²) in [4.78, 5) is 38.7. The quantitative estimate of drug-likeness (QED) is 0.510. The molecule has 190 valence electrons. The fraction of sp³-hybridized carbons (Fsp3) is 0.500. The number of carbonyl (C=O) groups excluding carboxylic acids is 2. The third-order valence-corrected chi connectivity index (χ3v) is 8.56. The Bertz CT molecular complexity index is 1280. The maximum atomic E-state index is 13.6. The van der Waals surface area contributed by atoms with E-state index < -0.39 is 5.41 Å². The highest BCUT2D eigenvalue weighted by molar-refractivity contribution is 6.00. The van der Waals surface area contributed by atoms with Crippen LogP contribution < -0.4 is 5.73 Å². The minimum absolute atomic E-state index is 0.0410. The zero-order valence-corrected chi connectivity index (χ0v) is 21.4. The van der Waals surface area contributed by atoms with Crippen molar-refractivity contribution < 1.29 is 9.59 Å². The number of likely N-dealkylation sites (tertiary alicyclic amines) is 2. The lowest BCUT2D eigenvalue weighted by molar-refractivity contribution is -0.139. The molecule has 0 spiro atoms. The fourth-order valence-corrected chi connectivity index (χ4v) is 6.47. The van der Waals surface area contributed by atoms with Crippen LogP contribution in [0.3, 0.4) is 0 Å². The molecule has 2 aliphatic heterocycles. The molecule has 0 unspecified atom stereocenters. The number of nitrogens with two attached hydrogens (primary N) is 1. The van der Waals surface area contributed by atoms with Gasteiger partial charge in [-0.1, -0.05) is 24.8 Å². The second-order valence-electron chi connectivity index (χ2n) is 10.5. The Morgan fingerprint density at radius 2 is 1.94 bits per heavy atom. The molecule has 2 aromatic heterocycles. The molecule has 36 heavy (non-hydrogen) atoms. The molecule has 2 atom stereocenters. The summed E-state index contributed by atoms with van der Waals surface area (Å²) in [5.74, 6) is 0.793. The molecule has 1 aliphatic carbocycles. The zero-order chi connectivity index (χ0) is 25.6. The molecule has 2 saturated heterocycles. The van der Waals surface area contributed by atoms with Crippen molar-refractivity contribution in [3.63, 3.8) is 0 Å². The molecular weight excluding hydrogens is 452 g/mol. The number of carbonyl (C=O) groups is 2. The smallest absolute Gasteiger partial charge is 0.245 e. The highest BCUT2D eigenvalue weighted by Crippen LogP contribution is 2.48. The van der Waals surface area contributed by atoms with Gasteiger partial charge in [0.25, 0.3) is 0 Å². The predicted molar refractivity (Wildman–Crippen MR) is 142 cm³/mol. The monoisotopic (exact) mass is 488 g/mol. The van der Waals surface area contributed by atoms with Crippen LogP contribution in [0.2, 0.25) is 0 Å². The van der Waals surface area contributed by atoms with E-state index in [-0.39, 0.29) is 17.7 Å². The summed E-state index contributed by atoms with van der Waals surface area (Å²) < 4.78 is 2.12. The Kier molecular flexibility index (Phi) is 6.22. The van der Waals surface area contributed by atoms with E-state index in [0.717, 1.165) is 73.1 Å². The summed E-state index contributed by atoms with van der Waals surface area (Å²) in [6.45, 7) is 12.9. The lowest BCUT2D eigenvalue weighted by Gasteiger charge is -2.39. The molecule has 2 amide bonds. The molecule has 8 heteroatoms. The molecule has 0 aromatic carbocycles. The lowest BCUT2D eigenvalue weighted by atomic mass is 9.68. The van der Waals surface area contributed by atoms with Crippen LogP contribution in [-0.2, 0) is 16.6 Å². The molecule has 0 saturated carbocycles. The van der Waals surface area contributed by atoms with Crippen LogP contribution in [0.1, 0.15) is 62.6 Å². The van der Waals surface area contributed by atoms with E-state index in [2.05, 4.69) is 33.8 Å². The van der Waals surface area contributed by atoms with Gasteiger partial charge in [0, 0.05) is 50.4 Å². The van der Waals surface area contributed by atoms with Gasteiger partial charge in [0.05, 0.1) is 10.8 Å². The number of anilines is 1. The Labute approximate surface area is 212 Å². The number of aromatic nitrogens is 3. The predicted octanol–water partition coefficient (Wildman–Crippen LogP) is 3.80. The lowest BCUT2D eigenvalue weighted by Crippen LogP contribution is -2.44. The molecule has 4 heterocycles. The summed E-state index contributed by atoms with van der Waals surface area (Å²) >= 11 is 0. The Balaban J connectivity index is 1.57. The third-order valence-electron chi connectivity index (χ3n) is 8.56. The number of hydrogen-bond acceptors (Lipinski definition) is 5. The van der Waals surface area contributed by atoms with Crippen molar-refractivity contribution in [1.29, 1.82) is 0 Å². The third kappa shape index (κ3) is 3.74. The summed E-state index contributed by atoms with van der Waals surface area (Å²) in [5.41, 5.74) is 11.0. The van der Waals surface area contributed by atoms with Gasteiger partial charge in [-0.25, -0.2) is 9.97 Å². The van der Waals surface area contributed by atoms with Gasteiger partial charge in [-0.2, -0.15) is 0 Å². The summed E-state index contributed by atoms with van der Waals surface area (Å²) in [6.07, 6.45) is 10.2. The molecule has 8 nitrogen and oxygen atoms in total.